The van der Waals surface area contributed by atoms with Crippen molar-refractivity contribution in [3.05, 3.63) is 71.9 Å². The summed E-state index contributed by atoms with van der Waals surface area (Å²) in [5, 5.41) is 42.9. The van der Waals surface area contributed by atoms with E-state index in [1.165, 1.54) is 13.8 Å². The van der Waals surface area contributed by atoms with Crippen molar-refractivity contribution in [3.8, 4) is 0 Å². The molecule has 0 saturated carbocycles. The molecular formula is C48H72N16O10. The number of fused-ring (bicyclic) bond motifs is 1. The first-order valence-electron chi connectivity index (χ1n) is 24.4. The van der Waals surface area contributed by atoms with Gasteiger partial charge < -0.3 is 81.1 Å². The van der Waals surface area contributed by atoms with E-state index in [-0.39, 0.29) is 89.3 Å². The summed E-state index contributed by atoms with van der Waals surface area (Å²) in [6.45, 7) is 2.74. The van der Waals surface area contributed by atoms with Crippen LogP contribution in [0.4, 0.5) is 0 Å². The lowest BCUT2D eigenvalue weighted by molar-refractivity contribution is -0.137. The molecule has 1 fully saturated rings. The third-order valence-corrected chi connectivity index (χ3v) is 11.9. The van der Waals surface area contributed by atoms with Crippen molar-refractivity contribution in [2.75, 3.05) is 19.6 Å². The molecule has 0 aliphatic carbocycles. The lowest BCUT2D eigenvalue weighted by Gasteiger charge is -2.29. The molecule has 1 aromatic heterocycles. The Morgan fingerprint density at radius 1 is 0.716 bits per heavy atom. The molecule has 3 aromatic rings. The van der Waals surface area contributed by atoms with E-state index in [4.69, 9.17) is 28.7 Å². The number of aliphatic imine (C=N–C) groups is 2. The van der Waals surface area contributed by atoms with Crippen LogP contribution in [0.15, 0.2) is 70.8 Å². The SMILES string of the molecule is CC(O)NC(CCCN=C(N)N)C(=O)NC1CC(=O)NCCCCC(C(N)=O)NC(=O)C(Cc2c[nH]c3ccccc23)NC(=O)C(CCCN=C(N)N)NC(=O)C(Cc2ccccc2)NC(=O)C(C(C)O)NC1=O. The molecule has 4 rings (SSSR count). The molecule has 26 heteroatoms. The lowest BCUT2D eigenvalue weighted by atomic mass is 10.0. The number of aromatic amines is 1. The van der Waals surface area contributed by atoms with Crippen LogP contribution >= 0.6 is 0 Å². The van der Waals surface area contributed by atoms with E-state index >= 15 is 0 Å². The standard InChI is InChI=1S/C48H72N16O10/c1-26(65)39-46(74)63-35(22-28-12-4-3-5-13-28)43(71)60-34(18-11-21-56-48(52)53)42(70)61-36(23-29-25-57-31-15-7-6-14-30(29)31)44(72)59-32(40(49)68)16-8-9-19-54-38(67)24-37(45(73)64-39)62-41(69)33(58-27(2)66)17-10-20-55-47(50)51/h3-7,12-15,25-27,32-37,39,57-58,65-66H,8-11,16-24H2,1-2H3,(H2,49,68)(H,54,67)(H,59,72)(H,60,71)(H,61,70)(H,62,69)(H,63,74)(H,64,73)(H4,50,51,55)(H4,52,53,56). The van der Waals surface area contributed by atoms with Gasteiger partial charge in [-0.25, -0.2) is 0 Å². The summed E-state index contributed by atoms with van der Waals surface area (Å²) in [7, 11) is 0. The van der Waals surface area contributed by atoms with Gasteiger partial charge in [0.05, 0.1) is 18.6 Å². The molecule has 1 aliphatic rings. The lowest BCUT2D eigenvalue weighted by Crippen LogP contribution is -2.62. The second kappa shape index (κ2) is 29.6. The van der Waals surface area contributed by atoms with E-state index in [9.17, 15) is 48.6 Å². The number of carbonyl (C=O) groups is 8. The summed E-state index contributed by atoms with van der Waals surface area (Å²) in [5.74, 6) is -7.42. The van der Waals surface area contributed by atoms with Crippen LogP contribution in [0.2, 0.25) is 0 Å². The zero-order valence-corrected chi connectivity index (χ0v) is 41.6. The third kappa shape index (κ3) is 19.6. The molecule has 1 aliphatic heterocycles. The predicted molar refractivity (Wildman–Crippen MR) is 275 cm³/mol. The van der Waals surface area contributed by atoms with Crippen LogP contribution in [0, 0.1) is 0 Å². The van der Waals surface area contributed by atoms with Crippen LogP contribution in [-0.4, -0.2) is 149 Å². The fraction of sp³-hybridized carbons (Fsp3) is 0.500. The maximum absolute atomic E-state index is 14.5. The van der Waals surface area contributed by atoms with Gasteiger partial charge in [0.15, 0.2) is 11.9 Å². The molecule has 26 nitrogen and oxygen atoms in total. The summed E-state index contributed by atoms with van der Waals surface area (Å²) in [4.78, 5) is 123. The van der Waals surface area contributed by atoms with Gasteiger partial charge in [-0.1, -0.05) is 48.5 Å². The molecule has 9 atom stereocenters. The number of aliphatic hydroxyl groups is 2. The highest BCUT2D eigenvalue weighted by Gasteiger charge is 2.36. The molecule has 404 valence electrons. The number of para-hydroxylation sites is 1. The predicted octanol–water partition coefficient (Wildman–Crippen LogP) is -4.18. The minimum Gasteiger partial charge on any atom is -0.391 e. The number of carbonyl (C=O) groups excluding carboxylic acids is 8. The maximum atomic E-state index is 14.5. The van der Waals surface area contributed by atoms with Crippen molar-refractivity contribution in [1.29, 1.82) is 0 Å². The quantitative estimate of drug-likeness (QED) is 0.0249. The molecule has 21 N–H and O–H groups in total. The van der Waals surface area contributed by atoms with Crippen LogP contribution in [0.1, 0.15) is 76.3 Å². The Morgan fingerprint density at radius 2 is 1.32 bits per heavy atom. The number of hydrogen-bond acceptors (Lipinski definition) is 13. The number of aliphatic hydroxyl groups excluding tert-OH is 2. The highest BCUT2D eigenvalue weighted by atomic mass is 16.3. The van der Waals surface area contributed by atoms with Crippen LogP contribution in [0.5, 0.6) is 0 Å². The highest BCUT2D eigenvalue weighted by molar-refractivity contribution is 5.99. The number of primary amides is 1. The van der Waals surface area contributed by atoms with Crippen molar-refractivity contribution >= 4 is 70.1 Å². The molecule has 0 bridgehead atoms. The molecule has 74 heavy (non-hydrogen) atoms. The van der Waals surface area contributed by atoms with Gasteiger partial charge >= 0.3 is 0 Å². The smallest absolute Gasteiger partial charge is 0.245 e. The number of nitrogens with one attached hydrogen (secondary N) is 9. The Morgan fingerprint density at radius 3 is 1.99 bits per heavy atom. The summed E-state index contributed by atoms with van der Waals surface area (Å²) >= 11 is 0. The van der Waals surface area contributed by atoms with Gasteiger partial charge in [0.25, 0.3) is 0 Å². The van der Waals surface area contributed by atoms with Gasteiger partial charge in [-0.05, 0) is 76.0 Å². The van der Waals surface area contributed by atoms with Crippen molar-refractivity contribution in [3.63, 3.8) is 0 Å². The van der Waals surface area contributed by atoms with E-state index < -0.39 is 108 Å². The second-order valence-electron chi connectivity index (χ2n) is 18.0. The number of hydrogen-bond donors (Lipinski definition) is 16. The minimum absolute atomic E-state index is 0.00387. The molecule has 1 saturated heterocycles. The summed E-state index contributed by atoms with van der Waals surface area (Å²) in [5.41, 5.74) is 29.7. The Bertz CT molecular complexity index is 2440. The van der Waals surface area contributed by atoms with Gasteiger partial charge in [0, 0.05) is 49.6 Å². The van der Waals surface area contributed by atoms with E-state index in [2.05, 4.69) is 57.5 Å². The molecule has 9 unspecified atom stereocenters. The van der Waals surface area contributed by atoms with Crippen LogP contribution in [0.25, 0.3) is 10.9 Å². The zero-order chi connectivity index (χ0) is 54.3. The number of amides is 8. The van der Waals surface area contributed by atoms with Crippen molar-refractivity contribution in [2.24, 2.45) is 38.7 Å². The van der Waals surface area contributed by atoms with Gasteiger partial charge in [0.1, 0.15) is 42.5 Å². The van der Waals surface area contributed by atoms with Gasteiger partial charge in [0.2, 0.25) is 47.3 Å². The second-order valence-corrected chi connectivity index (χ2v) is 18.0. The summed E-state index contributed by atoms with van der Waals surface area (Å²) < 4.78 is 0. The molecule has 0 radical (unpaired) electrons. The number of guanidine groups is 2. The molecular weight excluding hydrogens is 961 g/mol. The average molecular weight is 1030 g/mol. The summed E-state index contributed by atoms with van der Waals surface area (Å²) in [6, 6.07) is 5.74. The highest BCUT2D eigenvalue weighted by Crippen LogP contribution is 2.20. The Kier molecular flexibility index (Phi) is 23.5. The fourth-order valence-corrected chi connectivity index (χ4v) is 8.11. The first kappa shape index (κ1) is 58.7. The topological polar surface area (TPSA) is 444 Å². The van der Waals surface area contributed by atoms with E-state index in [1.54, 1.807) is 42.6 Å². The van der Waals surface area contributed by atoms with E-state index in [1.807, 2.05) is 18.2 Å². The number of rotatable bonds is 18. The van der Waals surface area contributed by atoms with Crippen molar-refractivity contribution < 1.29 is 48.6 Å². The van der Waals surface area contributed by atoms with Crippen molar-refractivity contribution in [1.82, 2.24) is 47.5 Å². The summed E-state index contributed by atoms with van der Waals surface area (Å²) in [6.07, 6.45) is -1.18. The molecule has 2 aromatic carbocycles. The van der Waals surface area contributed by atoms with Crippen LogP contribution in [0.3, 0.4) is 0 Å². The number of benzene rings is 2. The molecule has 0 spiro atoms. The Hall–Kier alpha value is -7.84. The third-order valence-electron chi connectivity index (χ3n) is 11.9. The Balaban J connectivity index is 1.76. The monoisotopic (exact) mass is 1030 g/mol. The number of nitrogens with two attached hydrogens (primary N) is 5. The van der Waals surface area contributed by atoms with Crippen molar-refractivity contribution in [2.45, 2.75) is 133 Å². The first-order valence-corrected chi connectivity index (χ1v) is 24.4. The number of H-pyrrole nitrogens is 1. The van der Waals surface area contributed by atoms with Gasteiger partial charge in [-0.2, -0.15) is 0 Å². The molecule has 8 amide bonds. The van der Waals surface area contributed by atoms with E-state index in [0.29, 0.717) is 11.1 Å². The largest absolute Gasteiger partial charge is 0.391 e. The fourth-order valence-electron chi connectivity index (χ4n) is 8.11. The Labute approximate surface area is 428 Å². The average Bonchev–Trinajstić information content (AvgIpc) is 3.75. The van der Waals surface area contributed by atoms with Gasteiger partial charge in [-0.3, -0.25) is 53.7 Å². The zero-order valence-electron chi connectivity index (χ0n) is 41.6. The van der Waals surface area contributed by atoms with Crippen LogP contribution < -0.4 is 71.2 Å². The van der Waals surface area contributed by atoms with Gasteiger partial charge in [-0.15, -0.1) is 0 Å². The normalized spacial score (nSPS) is 22.2. The van der Waals surface area contributed by atoms with E-state index in [0.717, 1.165) is 10.9 Å². The maximum Gasteiger partial charge on any atom is 0.245 e. The number of nitrogens with zero attached hydrogens (tertiary/aromatic N) is 2. The molecule has 2 heterocycles. The van der Waals surface area contributed by atoms with Crippen LogP contribution in [-0.2, 0) is 51.2 Å². The first-order chi connectivity index (χ1) is 35.2. The minimum atomic E-state index is -1.79. The number of aromatic nitrogens is 1.